The monoisotopic (exact) mass is 372 g/mol. The fraction of sp³-hybridized carbons (Fsp3) is 0.529. The van der Waals surface area contributed by atoms with Gasteiger partial charge in [-0.3, -0.25) is 0 Å². The summed E-state index contributed by atoms with van der Waals surface area (Å²) in [5.74, 6) is 0.391. The van der Waals surface area contributed by atoms with Crippen molar-refractivity contribution in [2.45, 2.75) is 30.7 Å². The van der Waals surface area contributed by atoms with E-state index in [0.717, 1.165) is 0 Å². The molecule has 2 rings (SSSR count). The van der Waals surface area contributed by atoms with Crippen LogP contribution in [0.15, 0.2) is 18.2 Å². The maximum absolute atomic E-state index is 9.88. The van der Waals surface area contributed by atoms with Gasteiger partial charge in [0.15, 0.2) is 17.8 Å². The van der Waals surface area contributed by atoms with Gasteiger partial charge in [0.25, 0.3) is 0 Å². The number of ether oxygens (including phenoxy) is 4. The van der Waals surface area contributed by atoms with E-state index < -0.39 is 37.3 Å². The van der Waals surface area contributed by atoms with E-state index in [1.807, 2.05) is 0 Å². The molecule has 5 atom stereocenters. The Morgan fingerprint density at radius 2 is 1.65 bits per heavy atom. The van der Waals surface area contributed by atoms with E-state index >= 15 is 0 Å². The second-order valence-corrected chi connectivity index (χ2v) is 5.71. The Hall–Kier alpha value is -1.88. The third-order valence-electron chi connectivity index (χ3n) is 4.02. The number of aromatic hydroxyl groups is 1. The summed E-state index contributed by atoms with van der Waals surface area (Å²) in [4.78, 5) is 0. The minimum Gasteiger partial charge on any atom is -0.502 e. The zero-order valence-corrected chi connectivity index (χ0v) is 14.5. The Morgan fingerprint density at radius 3 is 2.19 bits per heavy atom. The van der Waals surface area contributed by atoms with Crippen molar-refractivity contribution in [1.29, 1.82) is 0 Å². The molecule has 1 heterocycles. The largest absolute Gasteiger partial charge is 0.502 e. The third-order valence-corrected chi connectivity index (χ3v) is 4.02. The molecule has 1 fully saturated rings. The minimum atomic E-state index is -1.49. The van der Waals surface area contributed by atoms with Gasteiger partial charge in [-0.15, -0.1) is 0 Å². The molecule has 146 valence electrons. The van der Waals surface area contributed by atoms with Gasteiger partial charge in [-0.25, -0.2) is 0 Å². The number of phenols is 1. The number of hydrogen-bond acceptors (Lipinski definition) is 9. The van der Waals surface area contributed by atoms with Crippen molar-refractivity contribution < 1.29 is 44.5 Å². The minimum absolute atomic E-state index is 0.0220. The molecule has 1 aliphatic heterocycles. The normalized spacial score (nSPS) is 29.1. The number of rotatable bonds is 7. The molecule has 0 aliphatic carbocycles. The van der Waals surface area contributed by atoms with E-state index in [-0.39, 0.29) is 23.9 Å². The highest BCUT2D eigenvalue weighted by Crippen LogP contribution is 2.37. The lowest BCUT2D eigenvalue weighted by Gasteiger charge is -2.39. The van der Waals surface area contributed by atoms with Crippen LogP contribution in [0, 0.1) is 0 Å². The quantitative estimate of drug-likeness (QED) is 0.418. The van der Waals surface area contributed by atoms with Crippen LogP contribution in [0.2, 0.25) is 0 Å². The maximum Gasteiger partial charge on any atom is 0.200 e. The number of hydrogen-bond donors (Lipinski definition) is 5. The average Bonchev–Trinajstić information content (AvgIpc) is 2.65. The summed E-state index contributed by atoms with van der Waals surface area (Å²) in [6, 6.07) is 3.20. The van der Waals surface area contributed by atoms with E-state index in [9.17, 15) is 20.4 Å². The van der Waals surface area contributed by atoms with Gasteiger partial charge in [-0.05, 0) is 17.7 Å². The molecule has 0 saturated carbocycles. The van der Waals surface area contributed by atoms with Crippen molar-refractivity contribution in [2.24, 2.45) is 0 Å². The first kappa shape index (κ1) is 20.4. The smallest absolute Gasteiger partial charge is 0.200 e. The Labute approximate surface area is 150 Å². The van der Waals surface area contributed by atoms with Crippen LogP contribution in [0.3, 0.4) is 0 Å². The van der Waals surface area contributed by atoms with Gasteiger partial charge in [0, 0.05) is 0 Å². The fourth-order valence-corrected chi connectivity index (χ4v) is 2.55. The molecule has 0 spiro atoms. The SMILES string of the molecule is COc1cc(/C=C/CO[C@@H]2O[C@H](CO)[C@@H](O)[C@H](O)[C@H]2O)cc(OC)c1O. The Balaban J connectivity index is 1.99. The average molecular weight is 372 g/mol. The van der Waals surface area contributed by atoms with E-state index in [0.29, 0.717) is 5.56 Å². The number of aliphatic hydroxyl groups excluding tert-OH is 4. The highest BCUT2D eigenvalue weighted by atomic mass is 16.7. The second kappa shape index (κ2) is 9.17. The number of phenolic OH excluding ortho intramolecular Hbond substituents is 1. The van der Waals surface area contributed by atoms with Crippen LogP contribution in [0.5, 0.6) is 17.2 Å². The van der Waals surface area contributed by atoms with Crippen LogP contribution < -0.4 is 9.47 Å². The van der Waals surface area contributed by atoms with Crippen LogP contribution in [0.4, 0.5) is 0 Å². The molecular formula is C17H24O9. The van der Waals surface area contributed by atoms with Crippen LogP contribution >= 0.6 is 0 Å². The molecule has 1 aliphatic rings. The van der Waals surface area contributed by atoms with Crippen LogP contribution in [0.25, 0.3) is 6.08 Å². The number of methoxy groups -OCH3 is 2. The van der Waals surface area contributed by atoms with Gasteiger partial charge in [-0.2, -0.15) is 0 Å². The lowest BCUT2D eigenvalue weighted by Crippen LogP contribution is -2.59. The standard InChI is InChI=1S/C17H24O9/c1-23-10-6-9(7-11(24-2)13(10)19)4-3-5-25-17-16(22)15(21)14(20)12(8-18)26-17/h3-4,6-7,12,14-22H,5,8H2,1-2H3/b4-3+/t12-,14-,15+,16-,17-/m1/s1. The molecule has 1 aromatic carbocycles. The van der Waals surface area contributed by atoms with E-state index in [1.165, 1.54) is 14.2 Å². The van der Waals surface area contributed by atoms with Crippen molar-refractivity contribution in [2.75, 3.05) is 27.4 Å². The summed E-state index contributed by atoms with van der Waals surface area (Å²) in [5, 5.41) is 48.3. The zero-order chi connectivity index (χ0) is 19.3. The van der Waals surface area contributed by atoms with Crippen molar-refractivity contribution in [3.63, 3.8) is 0 Å². The molecule has 0 aromatic heterocycles. The number of benzene rings is 1. The molecule has 0 unspecified atom stereocenters. The summed E-state index contributed by atoms with van der Waals surface area (Å²) < 4.78 is 20.7. The van der Waals surface area contributed by atoms with Crippen molar-refractivity contribution in [3.05, 3.63) is 23.8 Å². The lowest BCUT2D eigenvalue weighted by molar-refractivity contribution is -0.298. The fourth-order valence-electron chi connectivity index (χ4n) is 2.55. The highest BCUT2D eigenvalue weighted by Gasteiger charge is 2.43. The zero-order valence-electron chi connectivity index (χ0n) is 14.5. The van der Waals surface area contributed by atoms with Gasteiger partial charge in [0.1, 0.15) is 24.4 Å². The van der Waals surface area contributed by atoms with Crippen LogP contribution in [-0.2, 0) is 9.47 Å². The topological polar surface area (TPSA) is 138 Å². The van der Waals surface area contributed by atoms with Gasteiger partial charge >= 0.3 is 0 Å². The molecule has 9 nitrogen and oxygen atoms in total. The lowest BCUT2D eigenvalue weighted by atomic mass is 9.99. The third kappa shape index (κ3) is 4.44. The predicted molar refractivity (Wildman–Crippen MR) is 90.0 cm³/mol. The summed E-state index contributed by atoms with van der Waals surface area (Å²) in [6.45, 7) is -0.498. The second-order valence-electron chi connectivity index (χ2n) is 5.71. The Kier molecular flexibility index (Phi) is 7.21. The molecule has 9 heteroatoms. The predicted octanol–water partition coefficient (Wildman–Crippen LogP) is -0.761. The first-order valence-electron chi connectivity index (χ1n) is 7.96. The van der Waals surface area contributed by atoms with Crippen molar-refractivity contribution >= 4 is 6.08 Å². The molecule has 0 radical (unpaired) electrons. The Bertz CT molecular complexity index is 591. The number of aliphatic hydroxyl groups is 4. The Morgan fingerprint density at radius 1 is 1.04 bits per heavy atom. The summed E-state index contributed by atoms with van der Waals surface area (Å²) in [7, 11) is 2.84. The van der Waals surface area contributed by atoms with E-state index in [4.69, 9.17) is 24.1 Å². The first-order valence-corrected chi connectivity index (χ1v) is 7.96. The molecule has 1 aromatic rings. The maximum atomic E-state index is 9.88. The molecule has 0 amide bonds. The van der Waals surface area contributed by atoms with Gasteiger partial charge in [0.2, 0.25) is 5.75 Å². The highest BCUT2D eigenvalue weighted by molar-refractivity contribution is 5.61. The summed E-state index contributed by atoms with van der Waals surface area (Å²) >= 11 is 0. The molecule has 0 bridgehead atoms. The van der Waals surface area contributed by atoms with Gasteiger partial charge in [-0.1, -0.05) is 12.2 Å². The molecule has 5 N–H and O–H groups in total. The molecular weight excluding hydrogens is 348 g/mol. The molecule has 26 heavy (non-hydrogen) atoms. The van der Waals surface area contributed by atoms with Crippen molar-refractivity contribution in [3.8, 4) is 17.2 Å². The van der Waals surface area contributed by atoms with E-state index in [1.54, 1.807) is 24.3 Å². The van der Waals surface area contributed by atoms with E-state index in [2.05, 4.69) is 0 Å². The van der Waals surface area contributed by atoms with Crippen molar-refractivity contribution in [1.82, 2.24) is 0 Å². The summed E-state index contributed by atoms with van der Waals surface area (Å²) in [5.41, 5.74) is 0.675. The van der Waals surface area contributed by atoms with Gasteiger partial charge < -0.3 is 44.5 Å². The van der Waals surface area contributed by atoms with Crippen LogP contribution in [-0.4, -0.2) is 83.7 Å². The molecule has 1 saturated heterocycles. The summed E-state index contributed by atoms with van der Waals surface area (Å²) in [6.07, 6.45) is -3.29. The van der Waals surface area contributed by atoms with Crippen LogP contribution in [0.1, 0.15) is 5.56 Å². The van der Waals surface area contributed by atoms with Gasteiger partial charge in [0.05, 0.1) is 27.4 Å². The first-order chi connectivity index (χ1) is 12.4.